The monoisotopic (exact) mass is 1090 g/mol. The average molecular weight is 1090 g/mol. The summed E-state index contributed by atoms with van der Waals surface area (Å²) in [5, 5.41) is 15.5. The van der Waals surface area contributed by atoms with Crippen molar-refractivity contribution in [2.45, 2.75) is 109 Å². The van der Waals surface area contributed by atoms with E-state index in [-0.39, 0.29) is 69.4 Å². The fourth-order valence-electron chi connectivity index (χ4n) is 9.24. The van der Waals surface area contributed by atoms with E-state index in [1.54, 1.807) is 49.4 Å². The number of carbonyl (C=O) groups is 2. The lowest BCUT2D eigenvalue weighted by Gasteiger charge is -2.39. The number of nitrogens with zero attached hydrogens (tertiary/aromatic N) is 6. The molecule has 19 nitrogen and oxygen atoms in total. The Morgan fingerprint density at radius 1 is 0.795 bits per heavy atom. The number of anilines is 1. The summed E-state index contributed by atoms with van der Waals surface area (Å²) in [4.78, 5) is 39.6. The van der Waals surface area contributed by atoms with Crippen LogP contribution < -0.4 is 20.1 Å². The van der Waals surface area contributed by atoms with Gasteiger partial charge >= 0.3 is 0 Å². The number of fused-ring (bicyclic) bond motifs is 1. The molecule has 0 bridgehead atoms. The lowest BCUT2D eigenvalue weighted by Crippen LogP contribution is -2.43. The van der Waals surface area contributed by atoms with Crippen LogP contribution in [0.25, 0.3) is 11.2 Å². The molecule has 0 spiro atoms. The fourth-order valence-corrected chi connectivity index (χ4v) is 11.0. The van der Waals surface area contributed by atoms with Crippen molar-refractivity contribution in [1.82, 2.24) is 29.5 Å². The Bertz CT molecular complexity index is 2750. The Morgan fingerprint density at radius 2 is 1.44 bits per heavy atom. The summed E-state index contributed by atoms with van der Waals surface area (Å²) in [6, 6.07) is 36.4. The summed E-state index contributed by atoms with van der Waals surface area (Å²) in [6.45, 7) is 11.3. The maximum absolute atomic E-state index is 13.5. The number of unbranched alkanes of at least 4 members (excludes halogenated alkanes) is 2. The smallest absolute Gasteiger partial charge is 0.259 e. The Hall–Kier alpha value is -6.43. The molecule has 0 radical (unpaired) electrons. The molecule has 416 valence electrons. The molecule has 1 fully saturated rings. The Kier molecular flexibility index (Phi) is 22.8. The first-order valence-corrected chi connectivity index (χ1v) is 27.6. The molecule has 5 atom stereocenters. The molecule has 4 aromatic carbocycles. The predicted molar refractivity (Wildman–Crippen MR) is 296 cm³/mol. The van der Waals surface area contributed by atoms with Crippen molar-refractivity contribution in [3.05, 3.63) is 144 Å². The highest BCUT2D eigenvalue weighted by Crippen LogP contribution is 2.52. The first-order valence-electron chi connectivity index (χ1n) is 26.5. The van der Waals surface area contributed by atoms with E-state index in [1.807, 2.05) is 84.9 Å². The van der Waals surface area contributed by atoms with Gasteiger partial charge in [-0.3, -0.25) is 14.2 Å². The van der Waals surface area contributed by atoms with Gasteiger partial charge in [0.25, 0.3) is 14.4 Å². The van der Waals surface area contributed by atoms with E-state index in [0.29, 0.717) is 47.8 Å². The van der Waals surface area contributed by atoms with Crippen molar-refractivity contribution in [2.75, 3.05) is 65.9 Å². The van der Waals surface area contributed by atoms with Gasteiger partial charge in [-0.15, -0.1) is 0 Å². The van der Waals surface area contributed by atoms with Crippen LogP contribution in [0.4, 0.5) is 5.82 Å². The molecule has 1 aliphatic rings. The first kappa shape index (κ1) is 59.2. The highest BCUT2D eigenvalue weighted by atomic mass is 31.2. The molecule has 78 heavy (non-hydrogen) atoms. The fraction of sp³-hybridized carbons (Fsp3) is 0.448. The molecule has 2 amide bonds. The van der Waals surface area contributed by atoms with Crippen LogP contribution in [0.2, 0.25) is 0 Å². The van der Waals surface area contributed by atoms with Gasteiger partial charge in [-0.25, -0.2) is 19.6 Å². The number of benzene rings is 4. The van der Waals surface area contributed by atoms with Gasteiger partial charge in [-0.1, -0.05) is 92.6 Å². The van der Waals surface area contributed by atoms with Crippen molar-refractivity contribution in [2.24, 2.45) is 0 Å². The highest BCUT2D eigenvalue weighted by Gasteiger charge is 2.52. The highest BCUT2D eigenvalue weighted by molar-refractivity contribution is 7.44. The lowest BCUT2D eigenvalue weighted by atomic mass is 9.80. The van der Waals surface area contributed by atoms with Gasteiger partial charge in [0.15, 0.2) is 23.2 Å². The summed E-state index contributed by atoms with van der Waals surface area (Å²) in [5.74, 6) is 1.17. The van der Waals surface area contributed by atoms with Gasteiger partial charge in [-0.2, -0.15) is 5.26 Å². The predicted octanol–water partition coefficient (Wildman–Crippen LogP) is 9.74. The molecule has 1 saturated heterocycles. The number of nitriles is 1. The summed E-state index contributed by atoms with van der Waals surface area (Å²) in [5.41, 5.74) is 2.28. The molecule has 0 saturated carbocycles. The van der Waals surface area contributed by atoms with E-state index in [1.165, 1.54) is 6.33 Å². The summed E-state index contributed by atoms with van der Waals surface area (Å²) in [7, 11) is 1.35. The van der Waals surface area contributed by atoms with E-state index >= 15 is 0 Å². The molecule has 6 aromatic rings. The number of hydrogen-bond acceptors (Lipinski definition) is 16. The SMILES string of the molecule is CCCCCC(=O)NCCOCCOCO[C@@H]1[C@H](OP(OCCC#N)N(C(C)C)C(C)C)[C@@H](COC(c2ccccc2)(c2ccc(OC)cc2)c2ccc(OC)cc2)O[C@H]1n1cnc2c(NC(=O)c3ccccc3)ncnc21. The normalized spacial score (nSPS) is 16.9. The molecule has 2 aromatic heterocycles. The first-order chi connectivity index (χ1) is 38.0. The number of ether oxygens (including phenoxy) is 7. The largest absolute Gasteiger partial charge is 0.497 e. The molecular formula is C58H73N8O11P. The number of imidazole rings is 1. The third-order valence-corrected chi connectivity index (χ3v) is 15.1. The maximum atomic E-state index is 13.5. The van der Waals surface area contributed by atoms with Crippen molar-refractivity contribution in [3.63, 3.8) is 0 Å². The number of aromatic nitrogens is 4. The number of methoxy groups -OCH3 is 2. The second-order valence-electron chi connectivity index (χ2n) is 18.9. The third-order valence-electron chi connectivity index (χ3n) is 13.0. The van der Waals surface area contributed by atoms with Crippen molar-refractivity contribution in [3.8, 4) is 17.6 Å². The van der Waals surface area contributed by atoms with Crippen LogP contribution in [-0.2, 0) is 43.1 Å². The lowest BCUT2D eigenvalue weighted by molar-refractivity contribution is -0.142. The number of amides is 2. The third kappa shape index (κ3) is 15.2. The molecule has 2 N–H and O–H groups in total. The zero-order valence-corrected chi connectivity index (χ0v) is 46.5. The minimum atomic E-state index is -1.90. The van der Waals surface area contributed by atoms with Gasteiger partial charge in [0.2, 0.25) is 5.91 Å². The number of hydrogen-bond donors (Lipinski definition) is 2. The van der Waals surface area contributed by atoms with Gasteiger partial charge in [-0.05, 0) is 87.2 Å². The van der Waals surface area contributed by atoms with Gasteiger partial charge < -0.3 is 52.8 Å². The zero-order chi connectivity index (χ0) is 55.3. The molecule has 20 heteroatoms. The number of rotatable bonds is 32. The minimum absolute atomic E-state index is 0.00654. The summed E-state index contributed by atoms with van der Waals surface area (Å²) in [6.07, 6.45) is 2.65. The second kappa shape index (κ2) is 30.1. The van der Waals surface area contributed by atoms with Gasteiger partial charge in [0, 0.05) is 30.6 Å². The van der Waals surface area contributed by atoms with Crippen LogP contribution in [-0.4, -0.2) is 127 Å². The Morgan fingerprint density at radius 3 is 2.06 bits per heavy atom. The molecule has 1 aliphatic heterocycles. The summed E-state index contributed by atoms with van der Waals surface area (Å²) < 4.78 is 62.4. The Balaban J connectivity index is 1.28. The Labute approximate surface area is 458 Å². The molecule has 7 rings (SSSR count). The molecular weight excluding hydrogens is 1020 g/mol. The zero-order valence-electron chi connectivity index (χ0n) is 45.6. The quantitative estimate of drug-likeness (QED) is 0.0174. The molecule has 0 aliphatic carbocycles. The standard InChI is InChI=1S/C58H73N8O11P/c1-8-9-12-22-50(67)60-32-34-71-35-36-72-40-73-53-52(77-78(75-33-17-31-59)66(41(2)3)42(4)5)49(76-57(53)65-39-63-51-54(61-38-62-55(51)65)64-56(68)43-18-13-10-14-19-43)37-74-58(44-20-15-11-16-21-44,45-23-27-47(69-6)28-24-45)46-25-29-48(70-7)30-26-46/h10-11,13-16,18-21,23-30,38-39,41-42,49,52-53,57H,8-9,12,17,22,32-37,40H2,1-7H3,(H,60,67)(H,61,62,64,68)/t49-,52-,53-,57-,78?/m1/s1. The van der Waals surface area contributed by atoms with Crippen molar-refractivity contribution in [1.29, 1.82) is 5.26 Å². The van der Waals surface area contributed by atoms with Gasteiger partial charge in [0.05, 0.1) is 66.1 Å². The second-order valence-corrected chi connectivity index (χ2v) is 20.3. The van der Waals surface area contributed by atoms with Crippen LogP contribution in [0.15, 0.2) is 122 Å². The van der Waals surface area contributed by atoms with Crippen LogP contribution in [0, 0.1) is 11.3 Å². The van der Waals surface area contributed by atoms with Crippen LogP contribution in [0.3, 0.4) is 0 Å². The van der Waals surface area contributed by atoms with Crippen molar-refractivity contribution >= 4 is 37.3 Å². The maximum Gasteiger partial charge on any atom is 0.259 e. The van der Waals surface area contributed by atoms with E-state index in [0.717, 1.165) is 36.0 Å². The number of carbonyl (C=O) groups excluding carboxylic acids is 2. The van der Waals surface area contributed by atoms with Crippen LogP contribution in [0.5, 0.6) is 11.5 Å². The van der Waals surface area contributed by atoms with E-state index in [4.69, 9.17) is 47.2 Å². The average Bonchev–Trinajstić information content (AvgIpc) is 4.06. The topological polar surface area (TPSA) is 212 Å². The van der Waals surface area contributed by atoms with E-state index < -0.39 is 38.7 Å². The van der Waals surface area contributed by atoms with Crippen molar-refractivity contribution < 1.29 is 51.8 Å². The molecule has 1 unspecified atom stereocenters. The van der Waals surface area contributed by atoms with Crippen LogP contribution in [0.1, 0.15) is 100.0 Å². The summed E-state index contributed by atoms with van der Waals surface area (Å²) >= 11 is 0. The van der Waals surface area contributed by atoms with Gasteiger partial charge in [0.1, 0.15) is 48.5 Å². The number of nitrogens with one attached hydrogen (secondary N) is 2. The van der Waals surface area contributed by atoms with E-state index in [2.05, 4.69) is 66.0 Å². The van der Waals surface area contributed by atoms with Crippen LogP contribution >= 0.6 is 8.53 Å². The minimum Gasteiger partial charge on any atom is -0.497 e. The van der Waals surface area contributed by atoms with E-state index in [9.17, 15) is 14.9 Å². The molecule has 3 heterocycles.